The summed E-state index contributed by atoms with van der Waals surface area (Å²) in [4.78, 5) is 11.9. The molecule has 1 aliphatic heterocycles. The van der Waals surface area contributed by atoms with Crippen LogP contribution in [0.2, 0.25) is 5.02 Å². The zero-order chi connectivity index (χ0) is 13.0. The Balaban J connectivity index is 1.84. The van der Waals surface area contributed by atoms with Gasteiger partial charge in [-0.2, -0.15) is 0 Å². The molecule has 0 radical (unpaired) electrons. The van der Waals surface area contributed by atoms with Gasteiger partial charge in [0, 0.05) is 11.4 Å². The molecule has 1 fully saturated rings. The highest BCUT2D eigenvalue weighted by Crippen LogP contribution is 2.17. The third-order valence-corrected chi connectivity index (χ3v) is 3.64. The predicted octanol–water partition coefficient (Wildman–Crippen LogP) is 2.52. The molecule has 1 heterocycles. The lowest BCUT2D eigenvalue weighted by Gasteiger charge is -2.16. The van der Waals surface area contributed by atoms with Gasteiger partial charge in [0.25, 0.3) is 0 Å². The minimum Gasteiger partial charge on any atom is -0.350 e. The van der Waals surface area contributed by atoms with Crippen LogP contribution in [0.25, 0.3) is 0 Å². The van der Waals surface area contributed by atoms with E-state index in [1.165, 1.54) is 0 Å². The second-order valence-electron chi connectivity index (χ2n) is 4.90. The fraction of sp³-hybridized carbons (Fsp3) is 0.500. The van der Waals surface area contributed by atoms with Gasteiger partial charge in [-0.1, -0.05) is 23.7 Å². The largest absolute Gasteiger partial charge is 0.350 e. The van der Waals surface area contributed by atoms with E-state index in [0.717, 1.165) is 25.1 Å². The first kappa shape index (κ1) is 13.4. The lowest BCUT2D eigenvalue weighted by atomic mass is 10.0. The summed E-state index contributed by atoms with van der Waals surface area (Å²) in [5.41, 5.74) is 1.08. The average Bonchev–Trinajstić information content (AvgIpc) is 2.82. The number of rotatable bonds is 4. The highest BCUT2D eigenvalue weighted by Gasteiger charge is 2.19. The van der Waals surface area contributed by atoms with Gasteiger partial charge in [-0.25, -0.2) is 0 Å². The summed E-state index contributed by atoms with van der Waals surface area (Å²) in [6.45, 7) is 3.99. The number of amides is 1. The molecule has 0 spiro atoms. The average molecular weight is 267 g/mol. The fourth-order valence-electron chi connectivity index (χ4n) is 2.29. The van der Waals surface area contributed by atoms with Crippen LogP contribution < -0.4 is 10.6 Å². The summed E-state index contributed by atoms with van der Waals surface area (Å²) < 4.78 is 0. The molecule has 0 aromatic heterocycles. The minimum atomic E-state index is 0.0316. The quantitative estimate of drug-likeness (QED) is 0.879. The van der Waals surface area contributed by atoms with Crippen molar-refractivity contribution in [1.29, 1.82) is 0 Å². The Morgan fingerprint density at radius 1 is 1.50 bits per heavy atom. The molecule has 1 aromatic carbocycles. The molecule has 2 atom stereocenters. The second kappa shape index (κ2) is 6.21. The molecule has 2 N–H and O–H groups in total. The predicted molar refractivity (Wildman–Crippen MR) is 73.6 cm³/mol. The fourth-order valence-corrected chi connectivity index (χ4v) is 2.41. The molecule has 18 heavy (non-hydrogen) atoms. The summed E-state index contributed by atoms with van der Waals surface area (Å²) in [7, 11) is 0. The zero-order valence-electron chi connectivity index (χ0n) is 10.6. The first-order valence-corrected chi connectivity index (χ1v) is 6.78. The van der Waals surface area contributed by atoms with Gasteiger partial charge in [-0.3, -0.25) is 4.79 Å². The third-order valence-electron chi connectivity index (χ3n) is 3.38. The van der Waals surface area contributed by atoms with E-state index in [0.29, 0.717) is 17.4 Å². The van der Waals surface area contributed by atoms with Crippen LogP contribution in [-0.4, -0.2) is 19.0 Å². The van der Waals surface area contributed by atoms with Crippen molar-refractivity contribution in [3.8, 4) is 0 Å². The van der Waals surface area contributed by atoms with Gasteiger partial charge >= 0.3 is 0 Å². The Morgan fingerprint density at radius 2 is 2.22 bits per heavy atom. The number of carbonyl (C=O) groups is 1. The van der Waals surface area contributed by atoms with E-state index < -0.39 is 0 Å². The minimum absolute atomic E-state index is 0.0316. The van der Waals surface area contributed by atoms with E-state index in [1.54, 1.807) is 0 Å². The van der Waals surface area contributed by atoms with Gasteiger partial charge in [0.2, 0.25) is 5.91 Å². The molecule has 1 unspecified atom stereocenters. The summed E-state index contributed by atoms with van der Waals surface area (Å²) >= 11 is 5.84. The maximum Gasteiger partial charge on any atom is 0.220 e. The van der Waals surface area contributed by atoms with Crippen molar-refractivity contribution in [3.63, 3.8) is 0 Å². The van der Waals surface area contributed by atoms with Crippen molar-refractivity contribution in [2.75, 3.05) is 13.1 Å². The topological polar surface area (TPSA) is 41.1 Å². The van der Waals surface area contributed by atoms with Gasteiger partial charge in [-0.05, 0) is 50.0 Å². The first-order valence-electron chi connectivity index (χ1n) is 6.40. The van der Waals surface area contributed by atoms with Crippen LogP contribution in [0.15, 0.2) is 24.3 Å². The first-order chi connectivity index (χ1) is 8.65. The van der Waals surface area contributed by atoms with Gasteiger partial charge < -0.3 is 10.6 Å². The summed E-state index contributed by atoms with van der Waals surface area (Å²) in [5.74, 6) is 0.619. The molecule has 1 aromatic rings. The van der Waals surface area contributed by atoms with Crippen LogP contribution in [0.4, 0.5) is 0 Å². The zero-order valence-corrected chi connectivity index (χ0v) is 11.3. The van der Waals surface area contributed by atoms with Gasteiger partial charge in [0.1, 0.15) is 0 Å². The van der Waals surface area contributed by atoms with Crippen LogP contribution in [0.5, 0.6) is 0 Å². The molecule has 2 rings (SSSR count). The molecule has 1 saturated heterocycles. The second-order valence-corrected chi connectivity index (χ2v) is 5.34. The van der Waals surface area contributed by atoms with Crippen LogP contribution in [0, 0.1) is 5.92 Å². The number of halogens is 1. The molecule has 0 bridgehead atoms. The van der Waals surface area contributed by atoms with Crippen molar-refractivity contribution in [2.45, 2.75) is 25.8 Å². The van der Waals surface area contributed by atoms with Crippen molar-refractivity contribution in [3.05, 3.63) is 34.9 Å². The van der Waals surface area contributed by atoms with Crippen molar-refractivity contribution >= 4 is 17.5 Å². The van der Waals surface area contributed by atoms with Crippen LogP contribution in [0.3, 0.4) is 0 Å². The standard InChI is InChI=1S/C14H19ClN2O/c1-10(12-2-4-13(15)5-3-12)17-14(18)8-11-6-7-16-9-11/h2-5,10-11,16H,6-9H2,1H3,(H,17,18)/t10-,11?/m1/s1. The van der Waals surface area contributed by atoms with E-state index in [1.807, 2.05) is 31.2 Å². The summed E-state index contributed by atoms with van der Waals surface area (Å²) in [6.07, 6.45) is 1.72. The maximum atomic E-state index is 11.9. The van der Waals surface area contributed by atoms with E-state index in [4.69, 9.17) is 11.6 Å². The monoisotopic (exact) mass is 266 g/mol. The molecule has 0 aliphatic carbocycles. The van der Waals surface area contributed by atoms with Crippen molar-refractivity contribution < 1.29 is 4.79 Å². The third kappa shape index (κ3) is 3.72. The van der Waals surface area contributed by atoms with E-state index in [-0.39, 0.29) is 11.9 Å². The molecule has 98 valence electrons. The van der Waals surface area contributed by atoms with Gasteiger partial charge in [0.05, 0.1) is 6.04 Å². The smallest absolute Gasteiger partial charge is 0.220 e. The van der Waals surface area contributed by atoms with Crippen LogP contribution >= 0.6 is 11.6 Å². The molecular weight excluding hydrogens is 248 g/mol. The van der Waals surface area contributed by atoms with Crippen molar-refractivity contribution in [2.24, 2.45) is 5.92 Å². The molecule has 1 aliphatic rings. The van der Waals surface area contributed by atoms with E-state index >= 15 is 0 Å². The summed E-state index contributed by atoms with van der Waals surface area (Å²) in [5, 5.41) is 7.02. The Kier molecular flexibility index (Phi) is 4.61. The Bertz CT molecular complexity index is 399. The van der Waals surface area contributed by atoms with E-state index in [9.17, 15) is 4.79 Å². The Hall–Kier alpha value is -1.06. The lowest BCUT2D eigenvalue weighted by molar-refractivity contribution is -0.122. The van der Waals surface area contributed by atoms with Crippen LogP contribution in [-0.2, 0) is 4.79 Å². The molecule has 3 nitrogen and oxygen atoms in total. The van der Waals surface area contributed by atoms with Gasteiger partial charge in [-0.15, -0.1) is 0 Å². The number of hydrogen-bond acceptors (Lipinski definition) is 2. The maximum absolute atomic E-state index is 11.9. The normalized spacial score (nSPS) is 20.7. The molecule has 4 heteroatoms. The Morgan fingerprint density at radius 3 is 2.83 bits per heavy atom. The molecular formula is C14H19ClN2O. The van der Waals surface area contributed by atoms with Crippen molar-refractivity contribution in [1.82, 2.24) is 10.6 Å². The number of carbonyl (C=O) groups excluding carboxylic acids is 1. The number of hydrogen-bond donors (Lipinski definition) is 2. The number of benzene rings is 1. The summed E-state index contributed by atoms with van der Waals surface area (Å²) in [6, 6.07) is 7.62. The number of nitrogens with one attached hydrogen (secondary N) is 2. The SMILES string of the molecule is C[C@@H](NC(=O)CC1CCNC1)c1ccc(Cl)cc1. The highest BCUT2D eigenvalue weighted by atomic mass is 35.5. The molecule has 1 amide bonds. The van der Waals surface area contributed by atoms with Crippen LogP contribution in [0.1, 0.15) is 31.4 Å². The molecule has 0 saturated carbocycles. The highest BCUT2D eigenvalue weighted by molar-refractivity contribution is 6.30. The van der Waals surface area contributed by atoms with Gasteiger partial charge in [0.15, 0.2) is 0 Å². The van der Waals surface area contributed by atoms with E-state index in [2.05, 4.69) is 10.6 Å². The lowest BCUT2D eigenvalue weighted by Crippen LogP contribution is -2.28. The Labute approximate surface area is 113 Å².